The maximum Gasteiger partial charge on any atom is 0.325 e. The number of amides is 1. The van der Waals surface area contributed by atoms with Gasteiger partial charge in [-0.1, -0.05) is 0 Å². The van der Waals surface area contributed by atoms with Gasteiger partial charge in [0.25, 0.3) is 5.91 Å². The molecule has 2 rings (SSSR count). The predicted octanol–water partition coefficient (Wildman–Crippen LogP) is 1.27. The average Bonchev–Trinajstić information content (AvgIpc) is 2.69. The van der Waals surface area contributed by atoms with Crippen LogP contribution in [0.25, 0.3) is 0 Å². The lowest BCUT2D eigenvalue weighted by Crippen LogP contribution is -2.36. The Morgan fingerprint density at radius 3 is 2.38 bits per heavy atom. The number of ketones is 1. The first-order valence-electron chi connectivity index (χ1n) is 6.65. The Balaban J connectivity index is 2.60. The molecule has 1 aromatic rings. The lowest BCUT2D eigenvalue weighted by Gasteiger charge is -2.21. The van der Waals surface area contributed by atoms with Gasteiger partial charge in [0.05, 0.1) is 18.4 Å². The van der Waals surface area contributed by atoms with Gasteiger partial charge >= 0.3 is 5.97 Å². The van der Waals surface area contributed by atoms with Crippen molar-refractivity contribution in [1.82, 2.24) is 9.88 Å². The van der Waals surface area contributed by atoms with Gasteiger partial charge in [-0.05, 0) is 38.8 Å². The molecule has 21 heavy (non-hydrogen) atoms. The van der Waals surface area contributed by atoms with Crippen molar-refractivity contribution >= 4 is 17.7 Å². The van der Waals surface area contributed by atoms with Crippen LogP contribution in [0.3, 0.4) is 0 Å². The highest BCUT2D eigenvalue weighted by Crippen LogP contribution is 2.36. The summed E-state index contributed by atoms with van der Waals surface area (Å²) in [6, 6.07) is -0.815. The molecule has 0 saturated heterocycles. The van der Waals surface area contributed by atoms with E-state index in [0.29, 0.717) is 11.3 Å². The molecule has 1 aliphatic rings. The number of fused-ring (bicyclic) bond motifs is 1. The van der Waals surface area contributed by atoms with Crippen LogP contribution in [0, 0.1) is 20.8 Å². The summed E-state index contributed by atoms with van der Waals surface area (Å²) in [7, 11) is 1.25. The zero-order chi connectivity index (χ0) is 15.9. The highest BCUT2D eigenvalue weighted by molar-refractivity contribution is 6.06. The van der Waals surface area contributed by atoms with Crippen LogP contribution in [0.1, 0.15) is 45.8 Å². The van der Waals surface area contributed by atoms with Crippen molar-refractivity contribution in [3.63, 3.8) is 0 Å². The van der Waals surface area contributed by atoms with Crippen molar-refractivity contribution < 1.29 is 19.1 Å². The number of aromatic nitrogens is 1. The van der Waals surface area contributed by atoms with E-state index in [9.17, 15) is 14.4 Å². The van der Waals surface area contributed by atoms with E-state index < -0.39 is 12.0 Å². The Kier molecular flexibility index (Phi) is 3.80. The molecule has 0 aliphatic carbocycles. The van der Waals surface area contributed by atoms with Gasteiger partial charge in [-0.25, -0.2) is 0 Å². The molecular formula is C15H18N2O4. The number of Topliss-reactive ketones (excluding diaryl/α,β-unsaturated/α-hetero) is 1. The zero-order valence-corrected chi connectivity index (χ0v) is 12.8. The first kappa shape index (κ1) is 15.2. The van der Waals surface area contributed by atoms with Crippen molar-refractivity contribution in [3.05, 3.63) is 28.1 Å². The van der Waals surface area contributed by atoms with E-state index in [1.54, 1.807) is 0 Å². The lowest BCUT2D eigenvalue weighted by atomic mass is 9.99. The first-order chi connectivity index (χ1) is 9.79. The van der Waals surface area contributed by atoms with Crippen LogP contribution in [0.4, 0.5) is 0 Å². The average molecular weight is 290 g/mol. The summed E-state index contributed by atoms with van der Waals surface area (Å²) in [6.07, 6.45) is 0. The number of nitrogens with zero attached hydrogens (tertiary/aromatic N) is 2. The van der Waals surface area contributed by atoms with Crippen molar-refractivity contribution in [2.24, 2.45) is 0 Å². The SMILES string of the molecule is COC(=O)CN1C(=O)c2c(nc(C)c(C)c2C)C1C(C)=O. The second-order valence-electron chi connectivity index (χ2n) is 5.23. The number of ether oxygens (including phenoxy) is 1. The molecule has 0 bridgehead atoms. The molecule has 0 N–H and O–H groups in total. The second-order valence-corrected chi connectivity index (χ2v) is 5.23. The summed E-state index contributed by atoms with van der Waals surface area (Å²) in [5.41, 5.74) is 3.38. The Morgan fingerprint density at radius 2 is 1.86 bits per heavy atom. The number of esters is 1. The molecule has 1 amide bonds. The Labute approximate surface area is 123 Å². The number of rotatable bonds is 3. The fourth-order valence-corrected chi connectivity index (χ4v) is 2.63. The summed E-state index contributed by atoms with van der Waals surface area (Å²) < 4.78 is 4.60. The number of pyridine rings is 1. The summed E-state index contributed by atoms with van der Waals surface area (Å²) in [5.74, 6) is -1.13. The number of carbonyl (C=O) groups excluding carboxylic acids is 3. The van der Waals surface area contributed by atoms with E-state index >= 15 is 0 Å². The highest BCUT2D eigenvalue weighted by Gasteiger charge is 2.43. The normalized spacial score (nSPS) is 16.9. The van der Waals surface area contributed by atoms with Gasteiger partial charge < -0.3 is 9.64 Å². The van der Waals surface area contributed by atoms with Crippen molar-refractivity contribution in [1.29, 1.82) is 0 Å². The Hall–Kier alpha value is -2.24. The smallest absolute Gasteiger partial charge is 0.325 e. The fourth-order valence-electron chi connectivity index (χ4n) is 2.63. The van der Waals surface area contributed by atoms with Crippen LogP contribution in [0.2, 0.25) is 0 Å². The van der Waals surface area contributed by atoms with E-state index in [1.165, 1.54) is 18.9 Å². The number of carbonyl (C=O) groups is 3. The summed E-state index contributed by atoms with van der Waals surface area (Å²) in [5, 5.41) is 0. The molecule has 0 fully saturated rings. The van der Waals surface area contributed by atoms with E-state index in [-0.39, 0.29) is 18.2 Å². The standard InChI is InChI=1S/C15H18N2O4/c1-7-8(2)12-13(16-9(7)3)14(10(4)18)17(15(12)20)6-11(19)21-5/h14H,6H2,1-5H3. The molecule has 0 saturated carbocycles. The molecule has 1 unspecified atom stereocenters. The van der Waals surface area contributed by atoms with Gasteiger partial charge in [-0.3, -0.25) is 19.4 Å². The molecule has 0 radical (unpaired) electrons. The first-order valence-corrected chi connectivity index (χ1v) is 6.65. The highest BCUT2D eigenvalue weighted by atomic mass is 16.5. The van der Waals surface area contributed by atoms with Gasteiger partial charge in [0.2, 0.25) is 0 Å². The summed E-state index contributed by atoms with van der Waals surface area (Å²) >= 11 is 0. The van der Waals surface area contributed by atoms with E-state index in [0.717, 1.165) is 16.8 Å². The van der Waals surface area contributed by atoms with E-state index in [1.807, 2.05) is 20.8 Å². The maximum absolute atomic E-state index is 12.6. The van der Waals surface area contributed by atoms with E-state index in [2.05, 4.69) is 9.72 Å². The molecule has 6 nitrogen and oxygen atoms in total. The molecule has 0 spiro atoms. The largest absolute Gasteiger partial charge is 0.468 e. The number of hydrogen-bond acceptors (Lipinski definition) is 5. The van der Waals surface area contributed by atoms with Gasteiger partial charge in [0.15, 0.2) is 5.78 Å². The van der Waals surface area contributed by atoms with Crippen LogP contribution >= 0.6 is 0 Å². The zero-order valence-electron chi connectivity index (χ0n) is 12.8. The summed E-state index contributed by atoms with van der Waals surface area (Å²) in [4.78, 5) is 41.7. The lowest BCUT2D eigenvalue weighted by molar-refractivity contribution is -0.142. The maximum atomic E-state index is 12.6. The Morgan fingerprint density at radius 1 is 1.24 bits per heavy atom. The monoisotopic (exact) mass is 290 g/mol. The minimum Gasteiger partial charge on any atom is -0.468 e. The fraction of sp³-hybridized carbons (Fsp3) is 0.467. The van der Waals surface area contributed by atoms with Crippen molar-refractivity contribution in [3.8, 4) is 0 Å². The van der Waals surface area contributed by atoms with Crippen LogP contribution < -0.4 is 0 Å². The molecular weight excluding hydrogens is 272 g/mol. The van der Waals surface area contributed by atoms with Crippen LogP contribution in [0.5, 0.6) is 0 Å². The molecule has 1 aromatic heterocycles. The molecule has 0 aromatic carbocycles. The van der Waals surface area contributed by atoms with Gasteiger partial charge in [0.1, 0.15) is 12.6 Å². The predicted molar refractivity (Wildman–Crippen MR) is 74.9 cm³/mol. The molecule has 112 valence electrons. The van der Waals surface area contributed by atoms with Gasteiger partial charge in [-0.15, -0.1) is 0 Å². The molecule has 1 aliphatic heterocycles. The molecule has 2 heterocycles. The van der Waals surface area contributed by atoms with Gasteiger partial charge in [0, 0.05) is 5.69 Å². The van der Waals surface area contributed by atoms with Crippen LogP contribution in [-0.4, -0.2) is 41.2 Å². The topological polar surface area (TPSA) is 76.6 Å². The van der Waals surface area contributed by atoms with Crippen molar-refractivity contribution in [2.45, 2.75) is 33.7 Å². The minimum absolute atomic E-state index is 0.221. The summed E-state index contributed by atoms with van der Waals surface area (Å²) in [6.45, 7) is 6.70. The van der Waals surface area contributed by atoms with Gasteiger partial charge in [-0.2, -0.15) is 0 Å². The third-order valence-electron chi connectivity index (χ3n) is 3.98. The molecule has 6 heteroatoms. The van der Waals surface area contributed by atoms with E-state index in [4.69, 9.17) is 0 Å². The quantitative estimate of drug-likeness (QED) is 0.783. The third kappa shape index (κ3) is 2.30. The number of methoxy groups -OCH3 is 1. The number of hydrogen-bond donors (Lipinski definition) is 0. The van der Waals surface area contributed by atoms with Crippen molar-refractivity contribution in [2.75, 3.05) is 13.7 Å². The third-order valence-corrected chi connectivity index (χ3v) is 3.98. The van der Waals surface area contributed by atoms with Crippen LogP contribution in [-0.2, 0) is 14.3 Å². The van der Waals surface area contributed by atoms with Crippen LogP contribution in [0.15, 0.2) is 0 Å². The number of aryl methyl sites for hydroxylation is 1. The minimum atomic E-state index is -0.815. The molecule has 1 atom stereocenters. The Bertz CT molecular complexity index is 652. The second kappa shape index (κ2) is 5.27.